The molecular formula is C11H21N3O4. The number of amides is 3. The van der Waals surface area contributed by atoms with Crippen LogP contribution in [0.25, 0.3) is 0 Å². The van der Waals surface area contributed by atoms with Crippen molar-refractivity contribution in [3.63, 3.8) is 0 Å². The van der Waals surface area contributed by atoms with Crippen LogP contribution < -0.4 is 16.0 Å². The fraction of sp³-hybridized carbons (Fsp3) is 0.727. The lowest BCUT2D eigenvalue weighted by atomic mass is 9.92. The zero-order valence-corrected chi connectivity index (χ0v) is 11.2. The van der Waals surface area contributed by atoms with Crippen LogP contribution in [-0.4, -0.2) is 43.2 Å². The van der Waals surface area contributed by atoms with Crippen LogP contribution in [0.3, 0.4) is 0 Å². The van der Waals surface area contributed by atoms with Crippen LogP contribution in [0.4, 0.5) is 4.79 Å². The van der Waals surface area contributed by atoms with Gasteiger partial charge < -0.3 is 21.1 Å². The molecule has 0 radical (unpaired) electrons. The van der Waals surface area contributed by atoms with Crippen molar-refractivity contribution in [1.29, 1.82) is 0 Å². The lowest BCUT2D eigenvalue weighted by Crippen LogP contribution is -2.47. The number of carbonyl (C=O) groups is 3. The number of hydrogen-bond donors (Lipinski definition) is 4. The second-order valence-electron chi connectivity index (χ2n) is 4.77. The number of aliphatic carboxylic acids is 1. The Balaban J connectivity index is 4.04. The maximum absolute atomic E-state index is 11.4. The molecule has 0 aliphatic carbocycles. The van der Waals surface area contributed by atoms with Crippen molar-refractivity contribution in [2.45, 2.75) is 20.8 Å². The first-order valence-electron chi connectivity index (χ1n) is 5.67. The van der Waals surface area contributed by atoms with Crippen molar-refractivity contribution in [3.8, 4) is 0 Å². The minimum atomic E-state index is -0.971. The van der Waals surface area contributed by atoms with Crippen molar-refractivity contribution in [1.82, 2.24) is 16.0 Å². The Morgan fingerprint density at radius 1 is 1.22 bits per heavy atom. The molecule has 0 aliphatic heterocycles. The van der Waals surface area contributed by atoms with Crippen molar-refractivity contribution in [3.05, 3.63) is 0 Å². The fourth-order valence-corrected chi connectivity index (χ4v) is 1.12. The Morgan fingerprint density at radius 3 is 2.22 bits per heavy atom. The number of carboxylic acid groups (broad SMARTS) is 1. The molecule has 0 heterocycles. The number of nitrogens with one attached hydrogen (secondary N) is 3. The van der Waals surface area contributed by atoms with Gasteiger partial charge in [-0.15, -0.1) is 0 Å². The number of urea groups is 1. The minimum Gasteiger partial charge on any atom is -0.481 e. The molecular weight excluding hydrogens is 238 g/mol. The first kappa shape index (κ1) is 16.2. The van der Waals surface area contributed by atoms with Gasteiger partial charge in [0.15, 0.2) is 0 Å². The minimum absolute atomic E-state index is 0.0432. The van der Waals surface area contributed by atoms with Crippen LogP contribution in [0.15, 0.2) is 0 Å². The summed E-state index contributed by atoms with van der Waals surface area (Å²) >= 11 is 0. The fourth-order valence-electron chi connectivity index (χ4n) is 1.12. The van der Waals surface area contributed by atoms with Crippen molar-refractivity contribution in [2.24, 2.45) is 11.3 Å². The molecule has 7 nitrogen and oxygen atoms in total. The normalized spacial score (nSPS) is 12.4. The lowest BCUT2D eigenvalue weighted by Gasteiger charge is -2.23. The van der Waals surface area contributed by atoms with Crippen LogP contribution in [-0.2, 0) is 9.59 Å². The molecule has 0 saturated heterocycles. The molecule has 0 aliphatic rings. The Kier molecular flexibility index (Phi) is 6.15. The van der Waals surface area contributed by atoms with Gasteiger partial charge >= 0.3 is 12.0 Å². The predicted molar refractivity (Wildman–Crippen MR) is 66.0 cm³/mol. The monoisotopic (exact) mass is 259 g/mol. The lowest BCUT2D eigenvalue weighted by molar-refractivity contribution is -0.140. The zero-order chi connectivity index (χ0) is 14.3. The van der Waals surface area contributed by atoms with Crippen LogP contribution in [0.5, 0.6) is 0 Å². The zero-order valence-electron chi connectivity index (χ0n) is 11.2. The first-order chi connectivity index (χ1) is 8.20. The summed E-state index contributed by atoms with van der Waals surface area (Å²) in [6.07, 6.45) is 0. The van der Waals surface area contributed by atoms with Gasteiger partial charge in [0.1, 0.15) is 0 Å². The van der Waals surface area contributed by atoms with E-state index in [2.05, 4.69) is 16.0 Å². The topological polar surface area (TPSA) is 108 Å². The van der Waals surface area contributed by atoms with E-state index in [4.69, 9.17) is 5.11 Å². The highest BCUT2D eigenvalue weighted by molar-refractivity contribution is 5.83. The molecule has 1 atom stereocenters. The van der Waals surface area contributed by atoms with Gasteiger partial charge in [0, 0.05) is 20.1 Å². The molecule has 0 aromatic carbocycles. The van der Waals surface area contributed by atoms with Gasteiger partial charge in [-0.3, -0.25) is 9.59 Å². The molecule has 0 aromatic rings. The van der Waals surface area contributed by atoms with Gasteiger partial charge in [0.25, 0.3) is 0 Å². The number of hydrogen-bond acceptors (Lipinski definition) is 3. The summed E-state index contributed by atoms with van der Waals surface area (Å²) in [6.45, 7) is 5.11. The van der Waals surface area contributed by atoms with E-state index in [0.717, 1.165) is 0 Å². The average Bonchev–Trinajstić information content (AvgIpc) is 2.31. The predicted octanol–water partition coefficient (Wildman–Crippen LogP) is -0.221. The molecule has 0 fully saturated rings. The van der Waals surface area contributed by atoms with E-state index >= 15 is 0 Å². The first-order valence-corrected chi connectivity index (χ1v) is 5.67. The largest absolute Gasteiger partial charge is 0.481 e. The van der Waals surface area contributed by atoms with Crippen LogP contribution in [0.1, 0.15) is 20.8 Å². The third-order valence-corrected chi connectivity index (χ3v) is 2.52. The highest BCUT2D eigenvalue weighted by atomic mass is 16.4. The maximum atomic E-state index is 11.4. The van der Waals surface area contributed by atoms with Crippen LogP contribution in [0, 0.1) is 11.3 Å². The number of rotatable bonds is 6. The molecule has 104 valence electrons. The third kappa shape index (κ3) is 5.51. The summed E-state index contributed by atoms with van der Waals surface area (Å²) in [5, 5.41) is 16.1. The molecule has 0 spiro atoms. The summed E-state index contributed by atoms with van der Waals surface area (Å²) in [5.41, 5.74) is -0.718. The standard InChI is InChI=1S/C11H21N3O4/c1-7(8(15)16)5-13-10(18)14-6-11(2,3)9(17)12-4/h7H,5-6H2,1-4H3,(H,12,17)(H,15,16)(H2,13,14,18). The number of carboxylic acids is 1. The quantitative estimate of drug-likeness (QED) is 0.529. The van der Waals surface area contributed by atoms with E-state index in [1.807, 2.05) is 0 Å². The Bertz CT molecular complexity index is 328. The highest BCUT2D eigenvalue weighted by Gasteiger charge is 2.27. The summed E-state index contributed by atoms with van der Waals surface area (Å²) in [4.78, 5) is 33.4. The number of carbonyl (C=O) groups excluding carboxylic acids is 2. The second kappa shape index (κ2) is 6.83. The van der Waals surface area contributed by atoms with Gasteiger partial charge in [-0.2, -0.15) is 0 Å². The summed E-state index contributed by atoms with van der Waals surface area (Å²) in [6, 6.07) is -0.486. The van der Waals surface area contributed by atoms with Gasteiger partial charge in [0.2, 0.25) is 5.91 Å². The molecule has 0 bridgehead atoms. The third-order valence-electron chi connectivity index (χ3n) is 2.52. The van der Waals surface area contributed by atoms with Gasteiger partial charge in [0.05, 0.1) is 11.3 Å². The SMILES string of the molecule is CNC(=O)C(C)(C)CNC(=O)NCC(C)C(=O)O. The van der Waals surface area contributed by atoms with E-state index in [0.29, 0.717) is 0 Å². The van der Waals surface area contributed by atoms with E-state index in [-0.39, 0.29) is 19.0 Å². The second-order valence-corrected chi connectivity index (χ2v) is 4.77. The van der Waals surface area contributed by atoms with Crippen molar-refractivity contribution in [2.75, 3.05) is 20.1 Å². The summed E-state index contributed by atoms with van der Waals surface area (Å²) in [5.74, 6) is -1.80. The molecule has 7 heteroatoms. The van der Waals surface area contributed by atoms with Crippen LogP contribution >= 0.6 is 0 Å². The Morgan fingerprint density at radius 2 is 1.78 bits per heavy atom. The van der Waals surface area contributed by atoms with E-state index in [9.17, 15) is 14.4 Å². The van der Waals surface area contributed by atoms with Gasteiger partial charge in [-0.1, -0.05) is 6.92 Å². The smallest absolute Gasteiger partial charge is 0.314 e. The maximum Gasteiger partial charge on any atom is 0.314 e. The summed E-state index contributed by atoms with van der Waals surface area (Å²) < 4.78 is 0. The van der Waals surface area contributed by atoms with E-state index < -0.39 is 23.3 Å². The summed E-state index contributed by atoms with van der Waals surface area (Å²) in [7, 11) is 1.53. The molecule has 1 unspecified atom stereocenters. The highest BCUT2D eigenvalue weighted by Crippen LogP contribution is 2.12. The van der Waals surface area contributed by atoms with Gasteiger partial charge in [-0.25, -0.2) is 4.79 Å². The van der Waals surface area contributed by atoms with Crippen molar-refractivity contribution < 1.29 is 19.5 Å². The molecule has 18 heavy (non-hydrogen) atoms. The molecule has 3 amide bonds. The average molecular weight is 259 g/mol. The van der Waals surface area contributed by atoms with E-state index in [1.165, 1.54) is 14.0 Å². The molecule has 4 N–H and O–H groups in total. The van der Waals surface area contributed by atoms with Gasteiger partial charge in [-0.05, 0) is 13.8 Å². The van der Waals surface area contributed by atoms with Crippen LogP contribution in [0.2, 0.25) is 0 Å². The van der Waals surface area contributed by atoms with E-state index in [1.54, 1.807) is 13.8 Å². The Hall–Kier alpha value is -1.79. The molecule has 0 rings (SSSR count). The van der Waals surface area contributed by atoms with Crippen molar-refractivity contribution >= 4 is 17.9 Å². The molecule has 0 saturated carbocycles. The molecule has 0 aromatic heterocycles. The Labute approximate surface area is 106 Å².